The van der Waals surface area contributed by atoms with Crippen LogP contribution in [0.1, 0.15) is 32.6 Å². The highest BCUT2D eigenvalue weighted by Crippen LogP contribution is 2.37. The van der Waals surface area contributed by atoms with Crippen LogP contribution in [0.15, 0.2) is 0 Å². The molecule has 2 atom stereocenters. The summed E-state index contributed by atoms with van der Waals surface area (Å²) in [6, 6.07) is 0.738. The number of thioether (sulfide) groups is 1. The van der Waals surface area contributed by atoms with Crippen LogP contribution in [0, 0.1) is 0 Å². The number of piperidine rings is 1. The summed E-state index contributed by atoms with van der Waals surface area (Å²) >= 11 is 2.16. The Bertz CT molecular complexity index is 202. The summed E-state index contributed by atoms with van der Waals surface area (Å²) in [4.78, 5) is 2.45. The normalized spacial score (nSPS) is 38.4. The van der Waals surface area contributed by atoms with Gasteiger partial charge in [0.2, 0.25) is 0 Å². The fraction of sp³-hybridized carbons (Fsp3) is 1.00. The van der Waals surface area contributed by atoms with E-state index in [0.29, 0.717) is 4.75 Å². The van der Waals surface area contributed by atoms with E-state index in [-0.39, 0.29) is 0 Å². The molecular formula is C12H24N2S. The lowest BCUT2D eigenvalue weighted by Crippen LogP contribution is -2.47. The molecule has 3 heteroatoms. The van der Waals surface area contributed by atoms with E-state index < -0.39 is 0 Å². The van der Waals surface area contributed by atoms with E-state index >= 15 is 0 Å². The zero-order chi connectivity index (χ0) is 10.7. The second kappa shape index (κ2) is 5.07. The smallest absolute Gasteiger partial charge is 0.0256 e. The molecule has 0 saturated carbocycles. The molecular weight excluding hydrogens is 204 g/mol. The lowest BCUT2D eigenvalue weighted by Gasteiger charge is -2.33. The van der Waals surface area contributed by atoms with E-state index in [1.807, 2.05) is 0 Å². The molecule has 88 valence electrons. The van der Waals surface area contributed by atoms with Crippen LogP contribution in [0.25, 0.3) is 0 Å². The predicted molar refractivity (Wildman–Crippen MR) is 68.6 cm³/mol. The molecule has 0 aliphatic carbocycles. The van der Waals surface area contributed by atoms with Crippen LogP contribution in [0.5, 0.6) is 0 Å². The molecule has 2 aliphatic heterocycles. The van der Waals surface area contributed by atoms with E-state index in [1.54, 1.807) is 0 Å². The second-order valence-corrected chi connectivity index (χ2v) is 7.07. The zero-order valence-electron chi connectivity index (χ0n) is 10.1. The molecule has 2 rings (SSSR count). The molecule has 0 aromatic rings. The molecule has 2 heterocycles. The van der Waals surface area contributed by atoms with Gasteiger partial charge in [0.25, 0.3) is 0 Å². The maximum atomic E-state index is 3.77. The third-order valence-electron chi connectivity index (χ3n) is 3.69. The van der Waals surface area contributed by atoms with Crippen LogP contribution in [0.4, 0.5) is 0 Å². The number of nitrogens with one attached hydrogen (secondary N) is 1. The highest BCUT2D eigenvalue weighted by Gasteiger charge is 2.30. The topological polar surface area (TPSA) is 15.3 Å². The standard InChI is InChI=1S/C12H24N2S/c1-12(6-4-8-15-12)10-13-11-5-3-7-14(2)9-11/h11,13H,3-10H2,1-2H3. The Balaban J connectivity index is 1.72. The maximum Gasteiger partial charge on any atom is 0.0256 e. The van der Waals surface area contributed by atoms with Crippen LogP contribution in [0.2, 0.25) is 0 Å². The molecule has 0 spiro atoms. The number of likely N-dealkylation sites (tertiary alicyclic amines) is 1. The van der Waals surface area contributed by atoms with E-state index in [4.69, 9.17) is 0 Å². The van der Waals surface area contributed by atoms with Crippen molar-refractivity contribution in [1.82, 2.24) is 10.2 Å². The molecule has 2 aliphatic rings. The third kappa shape index (κ3) is 3.36. The lowest BCUT2D eigenvalue weighted by atomic mass is 10.0. The lowest BCUT2D eigenvalue weighted by molar-refractivity contribution is 0.224. The van der Waals surface area contributed by atoms with Crippen LogP contribution in [-0.2, 0) is 0 Å². The van der Waals surface area contributed by atoms with Gasteiger partial charge in [-0.3, -0.25) is 0 Å². The van der Waals surface area contributed by atoms with Gasteiger partial charge in [-0.1, -0.05) is 0 Å². The predicted octanol–water partition coefficient (Wildman–Crippen LogP) is 1.96. The number of hydrogen-bond donors (Lipinski definition) is 1. The van der Waals surface area contributed by atoms with Crippen molar-refractivity contribution in [2.24, 2.45) is 0 Å². The third-order valence-corrected chi connectivity index (χ3v) is 5.23. The van der Waals surface area contributed by atoms with Crippen molar-refractivity contribution in [3.05, 3.63) is 0 Å². The van der Waals surface area contributed by atoms with Gasteiger partial charge in [-0.2, -0.15) is 11.8 Å². The summed E-state index contributed by atoms with van der Waals surface area (Å²) in [5.41, 5.74) is 0. The SMILES string of the molecule is CN1CCCC(NCC2(C)CCCS2)C1. The fourth-order valence-corrected chi connectivity index (χ4v) is 3.93. The molecule has 0 bridgehead atoms. The monoisotopic (exact) mass is 228 g/mol. The van der Waals surface area contributed by atoms with Gasteiger partial charge in [0.05, 0.1) is 0 Å². The molecule has 2 fully saturated rings. The minimum atomic E-state index is 0.524. The quantitative estimate of drug-likeness (QED) is 0.795. The Kier molecular flexibility index (Phi) is 3.97. The Hall–Kier alpha value is 0.270. The van der Waals surface area contributed by atoms with Crippen LogP contribution >= 0.6 is 11.8 Å². The fourth-order valence-electron chi connectivity index (χ4n) is 2.67. The van der Waals surface area contributed by atoms with Crippen molar-refractivity contribution in [1.29, 1.82) is 0 Å². The Morgan fingerprint density at radius 2 is 2.33 bits per heavy atom. The second-order valence-electron chi connectivity index (χ2n) is 5.38. The average molecular weight is 228 g/mol. The summed E-state index contributed by atoms with van der Waals surface area (Å²) in [7, 11) is 2.24. The Morgan fingerprint density at radius 1 is 1.47 bits per heavy atom. The van der Waals surface area contributed by atoms with Crippen molar-refractivity contribution < 1.29 is 0 Å². The van der Waals surface area contributed by atoms with Gasteiger partial charge in [0.15, 0.2) is 0 Å². The molecule has 1 N–H and O–H groups in total. The van der Waals surface area contributed by atoms with E-state index in [9.17, 15) is 0 Å². The minimum Gasteiger partial charge on any atom is -0.311 e. The molecule has 0 aromatic carbocycles. The van der Waals surface area contributed by atoms with Crippen LogP contribution in [0.3, 0.4) is 0 Å². The highest BCUT2D eigenvalue weighted by atomic mass is 32.2. The van der Waals surface area contributed by atoms with E-state index in [2.05, 4.69) is 35.9 Å². The number of likely N-dealkylation sites (N-methyl/N-ethyl adjacent to an activating group) is 1. The van der Waals surface area contributed by atoms with Crippen molar-refractivity contribution in [3.8, 4) is 0 Å². The van der Waals surface area contributed by atoms with E-state index in [0.717, 1.165) is 6.04 Å². The average Bonchev–Trinajstić information content (AvgIpc) is 2.63. The van der Waals surface area contributed by atoms with Gasteiger partial charge < -0.3 is 10.2 Å². The summed E-state index contributed by atoms with van der Waals surface area (Å²) in [6.07, 6.45) is 5.53. The molecule has 0 aromatic heterocycles. The summed E-state index contributed by atoms with van der Waals surface area (Å²) < 4.78 is 0.524. The van der Waals surface area contributed by atoms with Crippen molar-refractivity contribution in [2.45, 2.75) is 43.4 Å². The van der Waals surface area contributed by atoms with E-state index in [1.165, 1.54) is 51.1 Å². The molecule has 2 nitrogen and oxygen atoms in total. The molecule has 2 saturated heterocycles. The first-order valence-corrected chi connectivity index (χ1v) is 7.22. The molecule has 0 amide bonds. The number of nitrogens with zero attached hydrogens (tertiary/aromatic N) is 1. The van der Waals surface area contributed by atoms with Crippen molar-refractivity contribution in [3.63, 3.8) is 0 Å². The van der Waals surface area contributed by atoms with Gasteiger partial charge >= 0.3 is 0 Å². The zero-order valence-corrected chi connectivity index (χ0v) is 10.9. The molecule has 0 radical (unpaired) electrons. The Morgan fingerprint density at radius 3 is 3.00 bits per heavy atom. The first-order chi connectivity index (χ1) is 7.18. The Labute approximate surface area is 98.2 Å². The van der Waals surface area contributed by atoms with Crippen molar-refractivity contribution in [2.75, 3.05) is 32.4 Å². The van der Waals surface area contributed by atoms with Gasteiger partial charge in [0.1, 0.15) is 0 Å². The molecule has 15 heavy (non-hydrogen) atoms. The first kappa shape index (κ1) is 11.7. The van der Waals surface area contributed by atoms with Gasteiger partial charge in [0, 0.05) is 23.9 Å². The largest absolute Gasteiger partial charge is 0.311 e. The number of hydrogen-bond acceptors (Lipinski definition) is 3. The highest BCUT2D eigenvalue weighted by molar-refractivity contribution is 8.00. The summed E-state index contributed by atoms with van der Waals surface area (Å²) in [5.74, 6) is 1.36. The van der Waals surface area contributed by atoms with Crippen LogP contribution in [-0.4, -0.2) is 48.1 Å². The van der Waals surface area contributed by atoms with Gasteiger partial charge in [-0.25, -0.2) is 0 Å². The molecule has 2 unspecified atom stereocenters. The van der Waals surface area contributed by atoms with Crippen molar-refractivity contribution >= 4 is 11.8 Å². The minimum absolute atomic E-state index is 0.524. The van der Waals surface area contributed by atoms with Gasteiger partial charge in [-0.15, -0.1) is 0 Å². The number of rotatable bonds is 3. The van der Waals surface area contributed by atoms with Gasteiger partial charge in [-0.05, 0) is 52.0 Å². The first-order valence-electron chi connectivity index (χ1n) is 6.24. The maximum absolute atomic E-state index is 3.77. The summed E-state index contributed by atoms with van der Waals surface area (Å²) in [6.45, 7) is 6.14. The van der Waals surface area contributed by atoms with Crippen LogP contribution < -0.4 is 5.32 Å². The summed E-state index contributed by atoms with van der Waals surface area (Å²) in [5, 5.41) is 3.77.